The summed E-state index contributed by atoms with van der Waals surface area (Å²) in [6.07, 6.45) is 5.11. The fourth-order valence-electron chi connectivity index (χ4n) is 3.10. The minimum absolute atomic E-state index is 0.0606. The van der Waals surface area contributed by atoms with E-state index in [9.17, 15) is 4.79 Å². The molecule has 1 aromatic rings. The summed E-state index contributed by atoms with van der Waals surface area (Å²) < 4.78 is 11.3. The lowest BCUT2D eigenvalue weighted by atomic mass is 9.64. The molecule has 19 heavy (non-hydrogen) atoms. The molecule has 3 rings (SSSR count). The molecule has 1 saturated carbocycles. The highest BCUT2D eigenvalue weighted by molar-refractivity contribution is 5.78. The zero-order valence-corrected chi connectivity index (χ0v) is 11.1. The van der Waals surface area contributed by atoms with Crippen LogP contribution in [0.15, 0.2) is 30.3 Å². The highest BCUT2D eigenvalue weighted by atomic mass is 16.5. The van der Waals surface area contributed by atoms with E-state index in [1.54, 1.807) is 0 Å². The molecule has 1 aromatic carbocycles. The molecule has 0 amide bonds. The number of ether oxygens (including phenoxy) is 2. The van der Waals surface area contributed by atoms with Crippen LogP contribution in [0.4, 0.5) is 0 Å². The molecule has 3 heteroatoms. The van der Waals surface area contributed by atoms with Crippen LogP contribution in [-0.2, 0) is 20.9 Å². The lowest BCUT2D eigenvalue weighted by molar-refractivity contribution is -0.175. The van der Waals surface area contributed by atoms with Gasteiger partial charge in [-0.25, -0.2) is 0 Å². The Hall–Kier alpha value is -1.35. The third-order valence-corrected chi connectivity index (χ3v) is 4.41. The molecule has 0 spiro atoms. The molecule has 1 atom stereocenters. The predicted octanol–water partition coefficient (Wildman–Crippen LogP) is 3.08. The Kier molecular flexibility index (Phi) is 3.56. The minimum Gasteiger partial charge on any atom is -0.460 e. The van der Waals surface area contributed by atoms with E-state index in [0.29, 0.717) is 6.61 Å². The fraction of sp³-hybridized carbons (Fsp3) is 0.562. The number of carbonyl (C=O) groups excluding carboxylic acids is 1. The number of esters is 1. The first-order chi connectivity index (χ1) is 9.31. The van der Waals surface area contributed by atoms with Crippen LogP contribution < -0.4 is 0 Å². The summed E-state index contributed by atoms with van der Waals surface area (Å²) in [5.74, 6) is -0.0606. The van der Waals surface area contributed by atoms with Crippen LogP contribution in [0, 0.1) is 5.41 Å². The molecule has 0 aromatic heterocycles. The second kappa shape index (κ2) is 5.33. The Morgan fingerprint density at radius 2 is 2.05 bits per heavy atom. The van der Waals surface area contributed by atoms with E-state index in [1.165, 1.54) is 0 Å². The van der Waals surface area contributed by atoms with E-state index in [-0.39, 0.29) is 17.5 Å². The van der Waals surface area contributed by atoms with Crippen molar-refractivity contribution in [3.63, 3.8) is 0 Å². The van der Waals surface area contributed by atoms with Gasteiger partial charge in [0, 0.05) is 6.61 Å². The van der Waals surface area contributed by atoms with E-state index < -0.39 is 0 Å². The van der Waals surface area contributed by atoms with Crippen molar-refractivity contribution in [2.75, 3.05) is 6.61 Å². The molecule has 0 radical (unpaired) electrons. The van der Waals surface area contributed by atoms with Crippen LogP contribution in [0.3, 0.4) is 0 Å². The van der Waals surface area contributed by atoms with Gasteiger partial charge < -0.3 is 9.47 Å². The highest BCUT2D eigenvalue weighted by Gasteiger charge is 2.53. The maximum Gasteiger partial charge on any atom is 0.315 e. The third kappa shape index (κ3) is 2.39. The Morgan fingerprint density at radius 3 is 2.63 bits per heavy atom. The summed E-state index contributed by atoms with van der Waals surface area (Å²) in [6, 6.07) is 9.84. The molecule has 1 aliphatic carbocycles. The number of rotatable bonds is 4. The number of hydrogen-bond donors (Lipinski definition) is 0. The van der Waals surface area contributed by atoms with E-state index in [2.05, 4.69) is 0 Å². The van der Waals surface area contributed by atoms with Crippen LogP contribution in [0.1, 0.15) is 37.7 Å². The van der Waals surface area contributed by atoms with Crippen molar-refractivity contribution in [1.82, 2.24) is 0 Å². The Bertz CT molecular complexity index is 431. The minimum atomic E-state index is -0.342. The monoisotopic (exact) mass is 260 g/mol. The number of hydrogen-bond acceptors (Lipinski definition) is 3. The SMILES string of the molecule is O=C(OCc1ccccc1)C1([C@H]2CCCO2)CCC1. The largest absolute Gasteiger partial charge is 0.460 e. The Balaban J connectivity index is 1.62. The zero-order chi connectivity index (χ0) is 13.1. The molecule has 2 aliphatic rings. The third-order valence-electron chi connectivity index (χ3n) is 4.41. The smallest absolute Gasteiger partial charge is 0.315 e. The van der Waals surface area contributed by atoms with Crippen molar-refractivity contribution in [3.8, 4) is 0 Å². The van der Waals surface area contributed by atoms with Gasteiger partial charge in [0.1, 0.15) is 6.61 Å². The molecule has 0 bridgehead atoms. The molecule has 1 aliphatic heterocycles. The average Bonchev–Trinajstić information content (AvgIpc) is 2.90. The van der Waals surface area contributed by atoms with Gasteiger partial charge in [-0.2, -0.15) is 0 Å². The van der Waals surface area contributed by atoms with E-state index in [4.69, 9.17) is 9.47 Å². The molecular weight excluding hydrogens is 240 g/mol. The quantitative estimate of drug-likeness (QED) is 0.780. The van der Waals surface area contributed by atoms with Gasteiger partial charge in [-0.05, 0) is 31.2 Å². The second-order valence-electron chi connectivity index (χ2n) is 5.57. The molecule has 0 N–H and O–H groups in total. The average molecular weight is 260 g/mol. The van der Waals surface area contributed by atoms with E-state index in [0.717, 1.165) is 44.3 Å². The van der Waals surface area contributed by atoms with Crippen molar-refractivity contribution in [2.45, 2.75) is 44.8 Å². The summed E-state index contributed by atoms with van der Waals surface area (Å²) >= 11 is 0. The molecule has 2 fully saturated rings. The summed E-state index contributed by atoms with van der Waals surface area (Å²) in [7, 11) is 0. The molecule has 1 heterocycles. The van der Waals surface area contributed by atoms with Crippen molar-refractivity contribution in [2.24, 2.45) is 5.41 Å². The summed E-state index contributed by atoms with van der Waals surface area (Å²) in [4.78, 5) is 12.4. The standard InChI is InChI=1S/C16H20O3/c17-15(19-12-13-6-2-1-3-7-13)16(9-5-10-16)14-8-4-11-18-14/h1-3,6-7,14H,4-5,8-12H2/t14-/m1/s1. The normalized spacial score (nSPS) is 24.7. The Morgan fingerprint density at radius 1 is 1.26 bits per heavy atom. The topological polar surface area (TPSA) is 35.5 Å². The van der Waals surface area contributed by atoms with Gasteiger partial charge in [0.2, 0.25) is 0 Å². The number of benzene rings is 1. The van der Waals surface area contributed by atoms with Crippen LogP contribution in [0.2, 0.25) is 0 Å². The van der Waals surface area contributed by atoms with Gasteiger partial charge in [-0.1, -0.05) is 36.8 Å². The van der Waals surface area contributed by atoms with E-state index >= 15 is 0 Å². The molecule has 1 saturated heterocycles. The first-order valence-corrected chi connectivity index (χ1v) is 7.14. The molecule has 102 valence electrons. The lowest BCUT2D eigenvalue weighted by Crippen LogP contribution is -2.48. The van der Waals surface area contributed by atoms with Crippen LogP contribution in [0.25, 0.3) is 0 Å². The summed E-state index contributed by atoms with van der Waals surface area (Å²) in [5, 5.41) is 0. The summed E-state index contributed by atoms with van der Waals surface area (Å²) in [5.41, 5.74) is 0.698. The van der Waals surface area contributed by atoms with Crippen molar-refractivity contribution < 1.29 is 14.3 Å². The number of carbonyl (C=O) groups is 1. The van der Waals surface area contributed by atoms with Crippen LogP contribution in [-0.4, -0.2) is 18.7 Å². The molecule has 0 unspecified atom stereocenters. The Labute approximate surface area is 113 Å². The first kappa shape index (κ1) is 12.7. The lowest BCUT2D eigenvalue weighted by Gasteiger charge is -2.43. The molecule has 3 nitrogen and oxygen atoms in total. The van der Waals surface area contributed by atoms with Gasteiger partial charge >= 0.3 is 5.97 Å². The van der Waals surface area contributed by atoms with E-state index in [1.807, 2.05) is 30.3 Å². The second-order valence-corrected chi connectivity index (χ2v) is 5.57. The van der Waals surface area contributed by atoms with Gasteiger partial charge in [0.25, 0.3) is 0 Å². The zero-order valence-electron chi connectivity index (χ0n) is 11.1. The first-order valence-electron chi connectivity index (χ1n) is 7.14. The predicted molar refractivity (Wildman–Crippen MR) is 71.5 cm³/mol. The molecular formula is C16H20O3. The fourth-order valence-corrected chi connectivity index (χ4v) is 3.10. The highest BCUT2D eigenvalue weighted by Crippen LogP contribution is 2.49. The van der Waals surface area contributed by atoms with Gasteiger partial charge in [-0.3, -0.25) is 4.79 Å². The maximum atomic E-state index is 12.4. The van der Waals surface area contributed by atoms with Gasteiger partial charge in [0.05, 0.1) is 11.5 Å². The van der Waals surface area contributed by atoms with Gasteiger partial charge in [-0.15, -0.1) is 0 Å². The van der Waals surface area contributed by atoms with Crippen molar-refractivity contribution in [1.29, 1.82) is 0 Å². The van der Waals surface area contributed by atoms with Crippen LogP contribution >= 0.6 is 0 Å². The van der Waals surface area contributed by atoms with Gasteiger partial charge in [0.15, 0.2) is 0 Å². The maximum absolute atomic E-state index is 12.4. The van der Waals surface area contributed by atoms with Crippen molar-refractivity contribution >= 4 is 5.97 Å². The van der Waals surface area contributed by atoms with Crippen LogP contribution in [0.5, 0.6) is 0 Å². The summed E-state index contributed by atoms with van der Waals surface area (Å²) in [6.45, 7) is 1.16. The van der Waals surface area contributed by atoms with Crippen molar-refractivity contribution in [3.05, 3.63) is 35.9 Å².